The fourth-order valence-corrected chi connectivity index (χ4v) is 2.63. The van der Waals surface area contributed by atoms with Gasteiger partial charge in [-0.3, -0.25) is 10.1 Å². The van der Waals surface area contributed by atoms with E-state index in [2.05, 4.69) is 10.6 Å². The van der Waals surface area contributed by atoms with Gasteiger partial charge in [0, 0.05) is 11.1 Å². The number of benzene rings is 2. The van der Waals surface area contributed by atoms with E-state index in [1.165, 1.54) is 0 Å². The standard InChI is InChI=1S/C19H23ClN2O3/c1-12(14-5-8-16(24-3)9-6-14)21-13(2)19(23)22-17-11-15(20)7-10-18(17)25-4/h5-13,21H,1-4H3,(H,22,23). The van der Waals surface area contributed by atoms with Gasteiger partial charge in [0.2, 0.25) is 5.91 Å². The zero-order valence-electron chi connectivity index (χ0n) is 14.8. The molecule has 0 aliphatic heterocycles. The summed E-state index contributed by atoms with van der Waals surface area (Å²) >= 11 is 5.99. The molecule has 2 aromatic carbocycles. The number of carbonyl (C=O) groups excluding carboxylic acids is 1. The normalized spacial score (nSPS) is 13.0. The average molecular weight is 363 g/mol. The number of halogens is 1. The molecule has 0 saturated carbocycles. The molecule has 2 aromatic rings. The number of rotatable bonds is 7. The van der Waals surface area contributed by atoms with E-state index >= 15 is 0 Å². The molecule has 2 N–H and O–H groups in total. The van der Waals surface area contributed by atoms with Crippen molar-refractivity contribution in [2.75, 3.05) is 19.5 Å². The highest BCUT2D eigenvalue weighted by Gasteiger charge is 2.18. The summed E-state index contributed by atoms with van der Waals surface area (Å²) in [5.74, 6) is 1.20. The second-order valence-electron chi connectivity index (χ2n) is 5.72. The van der Waals surface area contributed by atoms with Gasteiger partial charge in [-0.25, -0.2) is 0 Å². The molecule has 0 radical (unpaired) electrons. The molecule has 0 saturated heterocycles. The van der Waals surface area contributed by atoms with Gasteiger partial charge in [0.15, 0.2) is 0 Å². The van der Waals surface area contributed by atoms with Crippen molar-refractivity contribution in [1.82, 2.24) is 5.32 Å². The minimum Gasteiger partial charge on any atom is -0.497 e. The lowest BCUT2D eigenvalue weighted by atomic mass is 10.1. The fourth-order valence-electron chi connectivity index (χ4n) is 2.46. The van der Waals surface area contributed by atoms with E-state index in [0.29, 0.717) is 16.5 Å². The van der Waals surface area contributed by atoms with Gasteiger partial charge in [0.05, 0.1) is 25.9 Å². The highest BCUT2D eigenvalue weighted by atomic mass is 35.5. The number of amides is 1. The Morgan fingerprint density at radius 2 is 1.72 bits per heavy atom. The van der Waals surface area contributed by atoms with E-state index in [1.807, 2.05) is 38.1 Å². The highest BCUT2D eigenvalue weighted by molar-refractivity contribution is 6.31. The summed E-state index contributed by atoms with van der Waals surface area (Å²) in [6.07, 6.45) is 0. The van der Waals surface area contributed by atoms with E-state index in [0.717, 1.165) is 11.3 Å². The molecule has 2 rings (SSSR count). The molecular weight excluding hydrogens is 340 g/mol. The predicted octanol–water partition coefficient (Wildman–Crippen LogP) is 4.04. The molecule has 0 heterocycles. The van der Waals surface area contributed by atoms with Crippen molar-refractivity contribution >= 4 is 23.2 Å². The van der Waals surface area contributed by atoms with E-state index in [9.17, 15) is 4.79 Å². The number of hydrogen-bond donors (Lipinski definition) is 2. The summed E-state index contributed by atoms with van der Waals surface area (Å²) in [6, 6.07) is 12.4. The van der Waals surface area contributed by atoms with Gasteiger partial charge in [-0.1, -0.05) is 23.7 Å². The summed E-state index contributed by atoms with van der Waals surface area (Å²) in [6.45, 7) is 3.82. The predicted molar refractivity (Wildman–Crippen MR) is 101 cm³/mol. The second-order valence-corrected chi connectivity index (χ2v) is 6.15. The number of hydrogen-bond acceptors (Lipinski definition) is 4. The van der Waals surface area contributed by atoms with Crippen LogP contribution in [0.3, 0.4) is 0 Å². The van der Waals surface area contributed by atoms with Crippen LogP contribution in [0.25, 0.3) is 0 Å². The molecule has 2 atom stereocenters. The molecule has 134 valence electrons. The largest absolute Gasteiger partial charge is 0.497 e. The summed E-state index contributed by atoms with van der Waals surface area (Å²) in [7, 11) is 3.18. The van der Waals surface area contributed by atoms with Crippen LogP contribution in [0, 0.1) is 0 Å². The van der Waals surface area contributed by atoms with Crippen LogP contribution in [0.4, 0.5) is 5.69 Å². The lowest BCUT2D eigenvalue weighted by molar-refractivity contribution is -0.117. The first-order valence-electron chi connectivity index (χ1n) is 7.99. The Morgan fingerprint density at radius 3 is 2.32 bits per heavy atom. The van der Waals surface area contributed by atoms with Crippen molar-refractivity contribution in [3.05, 3.63) is 53.1 Å². The number of carbonyl (C=O) groups is 1. The van der Waals surface area contributed by atoms with E-state index < -0.39 is 6.04 Å². The third-order valence-electron chi connectivity index (χ3n) is 3.93. The zero-order chi connectivity index (χ0) is 18.4. The molecule has 5 nitrogen and oxygen atoms in total. The maximum absolute atomic E-state index is 12.5. The maximum atomic E-state index is 12.5. The van der Waals surface area contributed by atoms with Crippen LogP contribution in [0.5, 0.6) is 11.5 Å². The molecule has 0 fully saturated rings. The topological polar surface area (TPSA) is 59.6 Å². The van der Waals surface area contributed by atoms with E-state index in [4.69, 9.17) is 21.1 Å². The molecule has 6 heteroatoms. The minimum absolute atomic E-state index is 0.00733. The Morgan fingerprint density at radius 1 is 1.04 bits per heavy atom. The third kappa shape index (κ3) is 5.11. The molecule has 0 aliphatic carbocycles. The van der Waals surface area contributed by atoms with Gasteiger partial charge in [0.1, 0.15) is 11.5 Å². The summed E-state index contributed by atoms with van der Waals surface area (Å²) < 4.78 is 10.4. The average Bonchev–Trinajstić information content (AvgIpc) is 2.61. The first-order chi connectivity index (χ1) is 11.9. The number of nitrogens with one attached hydrogen (secondary N) is 2. The van der Waals surface area contributed by atoms with E-state index in [-0.39, 0.29) is 11.9 Å². The van der Waals surface area contributed by atoms with Gasteiger partial charge in [-0.05, 0) is 49.7 Å². The molecular formula is C19H23ClN2O3. The smallest absolute Gasteiger partial charge is 0.241 e. The van der Waals surface area contributed by atoms with Crippen LogP contribution >= 0.6 is 11.6 Å². The Labute approximate surface area is 153 Å². The zero-order valence-corrected chi connectivity index (χ0v) is 15.6. The first-order valence-corrected chi connectivity index (χ1v) is 8.36. The molecule has 0 bridgehead atoms. The Kier molecular flexibility index (Phi) is 6.67. The Bertz CT molecular complexity index is 719. The summed E-state index contributed by atoms with van der Waals surface area (Å²) in [5, 5.41) is 6.66. The van der Waals surface area contributed by atoms with Gasteiger partial charge in [-0.2, -0.15) is 0 Å². The Balaban J connectivity index is 2.01. The minimum atomic E-state index is -0.402. The van der Waals surface area contributed by atoms with Crippen molar-refractivity contribution in [3.8, 4) is 11.5 Å². The quantitative estimate of drug-likeness (QED) is 0.780. The van der Waals surface area contributed by atoms with Gasteiger partial charge in [0.25, 0.3) is 0 Å². The van der Waals surface area contributed by atoms with Gasteiger partial charge >= 0.3 is 0 Å². The maximum Gasteiger partial charge on any atom is 0.241 e. The lowest BCUT2D eigenvalue weighted by Gasteiger charge is -2.21. The third-order valence-corrected chi connectivity index (χ3v) is 4.16. The first kappa shape index (κ1) is 19.1. The van der Waals surface area contributed by atoms with Gasteiger partial charge in [-0.15, -0.1) is 0 Å². The van der Waals surface area contributed by atoms with Gasteiger partial charge < -0.3 is 14.8 Å². The van der Waals surface area contributed by atoms with E-state index in [1.54, 1.807) is 32.4 Å². The second kappa shape index (κ2) is 8.74. The van der Waals surface area contributed by atoms with Crippen molar-refractivity contribution < 1.29 is 14.3 Å². The number of anilines is 1. The number of ether oxygens (including phenoxy) is 2. The van der Waals surface area contributed by atoms with Crippen LogP contribution in [-0.2, 0) is 4.79 Å². The van der Waals surface area contributed by atoms with Crippen LogP contribution < -0.4 is 20.1 Å². The molecule has 25 heavy (non-hydrogen) atoms. The SMILES string of the molecule is COc1ccc(C(C)NC(C)C(=O)Nc2cc(Cl)ccc2OC)cc1. The molecule has 1 amide bonds. The van der Waals surface area contributed by atoms with Crippen LogP contribution in [0.1, 0.15) is 25.5 Å². The summed E-state index contributed by atoms with van der Waals surface area (Å²) in [4.78, 5) is 12.5. The Hall–Kier alpha value is -2.24. The van der Waals surface area contributed by atoms with Crippen molar-refractivity contribution in [2.45, 2.75) is 25.9 Å². The molecule has 0 aliphatic rings. The molecule has 0 aromatic heterocycles. The monoisotopic (exact) mass is 362 g/mol. The van der Waals surface area contributed by atoms with Crippen molar-refractivity contribution in [1.29, 1.82) is 0 Å². The fraction of sp³-hybridized carbons (Fsp3) is 0.316. The highest BCUT2D eigenvalue weighted by Crippen LogP contribution is 2.28. The molecule has 2 unspecified atom stereocenters. The van der Waals surface area contributed by atoms with Crippen LogP contribution in [0.2, 0.25) is 5.02 Å². The van der Waals surface area contributed by atoms with Crippen LogP contribution in [0.15, 0.2) is 42.5 Å². The lowest BCUT2D eigenvalue weighted by Crippen LogP contribution is -2.39. The summed E-state index contributed by atoms with van der Waals surface area (Å²) in [5.41, 5.74) is 1.62. The number of methoxy groups -OCH3 is 2. The molecule has 0 spiro atoms. The van der Waals surface area contributed by atoms with Crippen LogP contribution in [-0.4, -0.2) is 26.2 Å². The van der Waals surface area contributed by atoms with Crippen molar-refractivity contribution in [3.63, 3.8) is 0 Å². The van der Waals surface area contributed by atoms with Crippen molar-refractivity contribution in [2.24, 2.45) is 0 Å².